The minimum absolute atomic E-state index is 0.0322. The van der Waals surface area contributed by atoms with Gasteiger partial charge in [-0.25, -0.2) is 13.3 Å². The number of pyridine rings is 1. The molecule has 0 unspecified atom stereocenters. The molecule has 0 saturated carbocycles. The van der Waals surface area contributed by atoms with Crippen LogP contribution in [0.15, 0.2) is 30.6 Å². The Labute approximate surface area is 134 Å². The Morgan fingerprint density at radius 3 is 2.92 bits per heavy atom. The average molecular weight is 327 g/mol. The van der Waals surface area contributed by atoms with Crippen LogP contribution in [-0.2, 0) is 4.79 Å². The van der Waals surface area contributed by atoms with Crippen LogP contribution in [0.4, 0.5) is 14.6 Å². The van der Waals surface area contributed by atoms with Gasteiger partial charge in [0.15, 0.2) is 17.5 Å². The van der Waals surface area contributed by atoms with E-state index in [1.54, 1.807) is 28.9 Å². The fourth-order valence-electron chi connectivity index (χ4n) is 2.88. The molecule has 24 heavy (non-hydrogen) atoms. The van der Waals surface area contributed by atoms with Gasteiger partial charge in [0.25, 0.3) is 0 Å². The van der Waals surface area contributed by atoms with Crippen molar-refractivity contribution in [3.05, 3.63) is 47.8 Å². The van der Waals surface area contributed by atoms with Crippen molar-refractivity contribution in [3.8, 4) is 11.1 Å². The fourth-order valence-corrected chi connectivity index (χ4v) is 2.88. The molecule has 1 aromatic carbocycles. The minimum Gasteiger partial charge on any atom is -0.312 e. The van der Waals surface area contributed by atoms with E-state index in [0.717, 1.165) is 0 Å². The summed E-state index contributed by atoms with van der Waals surface area (Å²) >= 11 is 0. The van der Waals surface area contributed by atoms with Crippen LogP contribution in [0.25, 0.3) is 27.5 Å². The first-order chi connectivity index (χ1) is 11.6. The molecule has 0 aliphatic heterocycles. The fraction of sp³-hybridized carbons (Fsp3) is 0.0625. The Morgan fingerprint density at radius 1 is 1.29 bits per heavy atom. The molecule has 0 radical (unpaired) electrons. The number of carbonyl (C=O) groups is 1. The molecule has 0 aliphatic carbocycles. The van der Waals surface area contributed by atoms with Crippen molar-refractivity contribution in [2.45, 2.75) is 6.92 Å². The quantitative estimate of drug-likeness (QED) is 0.568. The van der Waals surface area contributed by atoms with Crippen LogP contribution in [-0.4, -0.2) is 26.2 Å². The van der Waals surface area contributed by atoms with Crippen molar-refractivity contribution in [2.24, 2.45) is 0 Å². The van der Waals surface area contributed by atoms with Crippen molar-refractivity contribution in [1.82, 2.24) is 19.8 Å². The van der Waals surface area contributed by atoms with E-state index in [1.165, 1.54) is 13.1 Å². The number of hydrogen-bond acceptors (Lipinski definition) is 3. The Kier molecular flexibility index (Phi) is 3.05. The zero-order valence-electron chi connectivity index (χ0n) is 12.5. The third kappa shape index (κ3) is 1.96. The first kappa shape index (κ1) is 14.3. The van der Waals surface area contributed by atoms with E-state index in [4.69, 9.17) is 0 Å². The summed E-state index contributed by atoms with van der Waals surface area (Å²) in [6.07, 6.45) is 3.70. The molecule has 8 heteroatoms. The van der Waals surface area contributed by atoms with E-state index in [0.29, 0.717) is 34.3 Å². The Hall–Kier alpha value is -3.29. The van der Waals surface area contributed by atoms with Gasteiger partial charge in [-0.3, -0.25) is 9.89 Å². The van der Waals surface area contributed by atoms with E-state index in [1.807, 2.05) is 0 Å². The maximum Gasteiger partial charge on any atom is 0.212 e. The van der Waals surface area contributed by atoms with E-state index in [9.17, 15) is 13.6 Å². The first-order valence-corrected chi connectivity index (χ1v) is 7.10. The number of hydrogen-bond donors (Lipinski definition) is 2. The lowest BCUT2D eigenvalue weighted by molar-refractivity contribution is -0.105. The van der Waals surface area contributed by atoms with Gasteiger partial charge >= 0.3 is 0 Å². The second-order valence-electron chi connectivity index (χ2n) is 5.36. The molecule has 3 aromatic heterocycles. The number of aromatic amines is 1. The van der Waals surface area contributed by atoms with Gasteiger partial charge in [0.1, 0.15) is 5.52 Å². The van der Waals surface area contributed by atoms with E-state index in [2.05, 4.69) is 20.6 Å². The molecular formula is C16H11F2N5O. The lowest BCUT2D eigenvalue weighted by Gasteiger charge is -2.10. The summed E-state index contributed by atoms with van der Waals surface area (Å²) in [5, 5.41) is 13.5. The molecule has 4 aromatic rings. The summed E-state index contributed by atoms with van der Waals surface area (Å²) in [5.41, 5.74) is 2.20. The highest BCUT2D eigenvalue weighted by atomic mass is 19.2. The highest BCUT2D eigenvalue weighted by Crippen LogP contribution is 2.35. The van der Waals surface area contributed by atoms with Gasteiger partial charge in [0.2, 0.25) is 6.41 Å². The Bertz CT molecular complexity index is 1100. The lowest BCUT2D eigenvalue weighted by atomic mass is 9.96. The molecule has 0 aliphatic rings. The monoisotopic (exact) mass is 327 g/mol. The predicted octanol–water partition coefficient (Wildman–Crippen LogP) is 3.03. The third-order valence-electron chi connectivity index (χ3n) is 3.98. The van der Waals surface area contributed by atoms with E-state index in [-0.39, 0.29) is 11.1 Å². The van der Waals surface area contributed by atoms with Gasteiger partial charge in [-0.2, -0.15) is 10.2 Å². The molecule has 6 nitrogen and oxygen atoms in total. The maximum absolute atomic E-state index is 14.2. The van der Waals surface area contributed by atoms with Gasteiger partial charge in [-0.15, -0.1) is 0 Å². The number of aromatic nitrogens is 4. The standard InChI is InChI=1S/C16H11F2N5O/c1-8-13(11-6-20-21-16(11)15(18)14(8)17)9-2-3-23-10(4-9)5-12(22-23)19-7-24/h2-7H,1H3,(H,20,21)(H,19,22,24). The van der Waals surface area contributed by atoms with Crippen LogP contribution in [0.5, 0.6) is 0 Å². The molecule has 0 fully saturated rings. The number of amides is 1. The summed E-state index contributed by atoms with van der Waals surface area (Å²) in [5.74, 6) is -1.44. The molecule has 0 bridgehead atoms. The number of carbonyl (C=O) groups excluding carboxylic acids is 1. The van der Waals surface area contributed by atoms with Crippen molar-refractivity contribution < 1.29 is 13.6 Å². The number of rotatable bonds is 3. The summed E-state index contributed by atoms with van der Waals surface area (Å²) in [4.78, 5) is 10.5. The summed E-state index contributed by atoms with van der Waals surface area (Å²) in [7, 11) is 0. The van der Waals surface area contributed by atoms with Crippen molar-refractivity contribution in [3.63, 3.8) is 0 Å². The Balaban J connectivity index is 1.99. The lowest BCUT2D eigenvalue weighted by Crippen LogP contribution is -1.97. The molecule has 4 rings (SSSR count). The van der Waals surface area contributed by atoms with Crippen molar-refractivity contribution >= 4 is 28.6 Å². The van der Waals surface area contributed by atoms with Crippen LogP contribution in [0, 0.1) is 18.6 Å². The summed E-state index contributed by atoms with van der Waals surface area (Å²) < 4.78 is 29.8. The van der Waals surface area contributed by atoms with Crippen LogP contribution in [0.1, 0.15) is 5.56 Å². The predicted molar refractivity (Wildman–Crippen MR) is 84.6 cm³/mol. The summed E-state index contributed by atoms with van der Waals surface area (Å²) in [6, 6.07) is 5.21. The van der Waals surface area contributed by atoms with E-state index >= 15 is 0 Å². The zero-order valence-corrected chi connectivity index (χ0v) is 12.5. The number of nitrogens with zero attached hydrogens (tertiary/aromatic N) is 3. The number of halogens is 2. The van der Waals surface area contributed by atoms with Crippen LogP contribution < -0.4 is 5.32 Å². The molecule has 0 atom stereocenters. The number of anilines is 1. The maximum atomic E-state index is 14.2. The van der Waals surface area contributed by atoms with Gasteiger partial charge in [0.05, 0.1) is 11.7 Å². The van der Waals surface area contributed by atoms with Crippen LogP contribution in [0.3, 0.4) is 0 Å². The molecule has 120 valence electrons. The van der Waals surface area contributed by atoms with Gasteiger partial charge in [-0.05, 0) is 35.7 Å². The highest BCUT2D eigenvalue weighted by Gasteiger charge is 2.20. The van der Waals surface area contributed by atoms with E-state index < -0.39 is 11.6 Å². The van der Waals surface area contributed by atoms with Crippen molar-refractivity contribution in [1.29, 1.82) is 0 Å². The molecule has 0 saturated heterocycles. The third-order valence-corrected chi connectivity index (χ3v) is 3.98. The van der Waals surface area contributed by atoms with Gasteiger partial charge in [-0.1, -0.05) is 0 Å². The SMILES string of the molecule is Cc1c(F)c(F)c2[nH]ncc2c1-c1ccn2nc(NC=O)cc2c1. The van der Waals surface area contributed by atoms with Crippen molar-refractivity contribution in [2.75, 3.05) is 5.32 Å². The highest BCUT2D eigenvalue weighted by molar-refractivity contribution is 5.97. The Morgan fingerprint density at radius 2 is 2.12 bits per heavy atom. The smallest absolute Gasteiger partial charge is 0.212 e. The molecular weight excluding hydrogens is 316 g/mol. The number of benzene rings is 1. The number of fused-ring (bicyclic) bond motifs is 2. The number of H-pyrrole nitrogens is 1. The number of nitrogens with one attached hydrogen (secondary N) is 2. The second-order valence-corrected chi connectivity index (χ2v) is 5.36. The van der Waals surface area contributed by atoms with Crippen LogP contribution >= 0.6 is 0 Å². The van der Waals surface area contributed by atoms with Gasteiger partial charge in [0, 0.05) is 17.6 Å². The zero-order chi connectivity index (χ0) is 16.8. The average Bonchev–Trinajstić information content (AvgIpc) is 3.19. The normalized spacial score (nSPS) is 11.3. The molecule has 3 heterocycles. The topological polar surface area (TPSA) is 75.1 Å². The second kappa shape index (κ2) is 5.12. The molecule has 1 amide bonds. The minimum atomic E-state index is -0.938. The van der Waals surface area contributed by atoms with Gasteiger partial charge < -0.3 is 5.32 Å². The largest absolute Gasteiger partial charge is 0.312 e. The summed E-state index contributed by atoms with van der Waals surface area (Å²) in [6.45, 7) is 1.53. The molecule has 2 N–H and O–H groups in total. The molecule has 0 spiro atoms. The van der Waals surface area contributed by atoms with Crippen LogP contribution in [0.2, 0.25) is 0 Å². The first-order valence-electron chi connectivity index (χ1n) is 7.10.